The lowest BCUT2D eigenvalue weighted by Crippen LogP contribution is -2.42. The van der Waals surface area contributed by atoms with Crippen molar-refractivity contribution in [3.05, 3.63) is 0 Å². The highest BCUT2D eigenvalue weighted by atomic mass is 16.5. The van der Waals surface area contributed by atoms with E-state index in [2.05, 4.69) is 51.6 Å². The molecule has 2 unspecified atom stereocenters. The molecule has 6 heteroatoms. The third kappa shape index (κ3) is 39.5. The molecule has 0 aliphatic carbocycles. The molecule has 2 atom stereocenters. The highest BCUT2D eigenvalue weighted by molar-refractivity contribution is 5.69. The number of carbonyl (C=O) groups is 2. The molecule has 328 valence electrons. The third-order valence-electron chi connectivity index (χ3n) is 11.3. The molecule has 0 aromatic carbocycles. The summed E-state index contributed by atoms with van der Waals surface area (Å²) in [5, 5.41) is 0. The molecule has 0 aromatic rings. The topological polar surface area (TPSA) is 59.1 Å². The second-order valence-corrected chi connectivity index (χ2v) is 17.4. The summed E-state index contributed by atoms with van der Waals surface area (Å²) in [7, 11) is 4.27. The molecule has 0 aliphatic heterocycles. The zero-order chi connectivity index (χ0) is 40.5. The van der Waals surface area contributed by atoms with Crippen LogP contribution in [0.1, 0.15) is 252 Å². The Morgan fingerprint density at radius 2 is 0.673 bits per heavy atom. The number of unbranched alkanes of at least 4 members (excludes halogenated alkanes) is 26. The maximum absolute atomic E-state index is 13.2. The normalized spacial score (nSPS) is 12.8. The summed E-state index contributed by atoms with van der Waals surface area (Å²) in [5.41, 5.74) is 0. The molecule has 0 saturated heterocycles. The van der Waals surface area contributed by atoms with Crippen LogP contribution in [0, 0.1) is 0 Å². The Bertz CT molecular complexity index is 748. The lowest BCUT2D eigenvalue weighted by Gasteiger charge is -2.31. The van der Waals surface area contributed by atoms with E-state index in [1.165, 1.54) is 154 Å². The Morgan fingerprint density at radius 3 is 0.982 bits per heavy atom. The molecule has 0 fully saturated rings. The van der Waals surface area contributed by atoms with Gasteiger partial charge in [0.1, 0.15) is 12.2 Å². The van der Waals surface area contributed by atoms with Gasteiger partial charge in [-0.25, -0.2) is 0 Å². The van der Waals surface area contributed by atoms with Crippen molar-refractivity contribution in [3.8, 4) is 0 Å². The Hall–Kier alpha value is -1.14. The minimum atomic E-state index is -0.108. The summed E-state index contributed by atoms with van der Waals surface area (Å²) in [6, 6.07) is 0. The van der Waals surface area contributed by atoms with Crippen LogP contribution in [0.25, 0.3) is 0 Å². The molecule has 0 bridgehead atoms. The molecule has 0 aromatic heterocycles. The molecule has 0 aliphatic rings. The summed E-state index contributed by atoms with van der Waals surface area (Å²) in [5.74, 6) is -0.0500. The smallest absolute Gasteiger partial charge is 0.306 e. The van der Waals surface area contributed by atoms with Gasteiger partial charge in [-0.15, -0.1) is 0 Å². The van der Waals surface area contributed by atoms with E-state index in [0.29, 0.717) is 12.8 Å². The average Bonchev–Trinajstić information content (AvgIpc) is 3.15. The Morgan fingerprint density at radius 1 is 0.382 bits per heavy atom. The van der Waals surface area contributed by atoms with Gasteiger partial charge in [0.15, 0.2) is 0 Å². The molecule has 0 heterocycles. The van der Waals surface area contributed by atoms with Gasteiger partial charge in [-0.2, -0.15) is 0 Å². The number of nitrogens with zero attached hydrogens (tertiary/aromatic N) is 2. The molecule has 0 spiro atoms. The van der Waals surface area contributed by atoms with Crippen LogP contribution >= 0.6 is 0 Å². The van der Waals surface area contributed by atoms with Crippen LogP contribution in [-0.2, 0) is 19.1 Å². The van der Waals surface area contributed by atoms with Crippen LogP contribution in [0.3, 0.4) is 0 Å². The summed E-state index contributed by atoms with van der Waals surface area (Å²) >= 11 is 0. The zero-order valence-corrected chi connectivity index (χ0v) is 38.3. The van der Waals surface area contributed by atoms with Crippen LogP contribution in [0.15, 0.2) is 0 Å². The first-order valence-corrected chi connectivity index (χ1v) is 24.6. The maximum Gasteiger partial charge on any atom is 0.306 e. The molecular weight excluding hydrogens is 681 g/mol. The van der Waals surface area contributed by atoms with Crippen LogP contribution in [-0.4, -0.2) is 74.2 Å². The van der Waals surface area contributed by atoms with Gasteiger partial charge < -0.3 is 14.4 Å². The van der Waals surface area contributed by atoms with E-state index in [0.717, 1.165) is 84.0 Å². The summed E-state index contributed by atoms with van der Waals surface area (Å²) in [4.78, 5) is 31.2. The second kappa shape index (κ2) is 42.5. The first-order valence-electron chi connectivity index (χ1n) is 24.6. The van der Waals surface area contributed by atoms with Gasteiger partial charge in [-0.3, -0.25) is 14.5 Å². The molecule has 0 saturated carbocycles. The number of hydrogen-bond acceptors (Lipinski definition) is 6. The van der Waals surface area contributed by atoms with E-state index in [4.69, 9.17) is 9.47 Å². The van der Waals surface area contributed by atoms with Crippen LogP contribution < -0.4 is 0 Å². The van der Waals surface area contributed by atoms with Crippen LogP contribution in [0.4, 0.5) is 0 Å². The largest absolute Gasteiger partial charge is 0.461 e. The van der Waals surface area contributed by atoms with Crippen molar-refractivity contribution in [2.45, 2.75) is 265 Å². The zero-order valence-electron chi connectivity index (χ0n) is 38.3. The minimum Gasteiger partial charge on any atom is -0.461 e. The van der Waals surface area contributed by atoms with E-state index in [9.17, 15) is 9.59 Å². The minimum absolute atomic E-state index is 0.0250. The number of ether oxygens (including phenoxy) is 2. The van der Waals surface area contributed by atoms with E-state index >= 15 is 0 Å². The van der Waals surface area contributed by atoms with E-state index in [1.807, 2.05) is 0 Å². The van der Waals surface area contributed by atoms with Crippen LogP contribution in [0.5, 0.6) is 0 Å². The highest BCUT2D eigenvalue weighted by Crippen LogP contribution is 2.19. The first kappa shape index (κ1) is 53.9. The van der Waals surface area contributed by atoms with Gasteiger partial charge >= 0.3 is 11.9 Å². The highest BCUT2D eigenvalue weighted by Gasteiger charge is 2.23. The fraction of sp³-hybridized carbons (Fsp3) is 0.959. The monoisotopic (exact) mass is 779 g/mol. The molecule has 6 nitrogen and oxygen atoms in total. The number of hydrogen-bond donors (Lipinski definition) is 0. The van der Waals surface area contributed by atoms with Gasteiger partial charge in [0.05, 0.1) is 0 Å². The number of carbonyl (C=O) groups excluding carboxylic acids is 2. The molecule has 0 amide bonds. The fourth-order valence-corrected chi connectivity index (χ4v) is 7.77. The van der Waals surface area contributed by atoms with Gasteiger partial charge in [0.2, 0.25) is 0 Å². The third-order valence-corrected chi connectivity index (χ3v) is 11.3. The SMILES string of the molecule is CCCCCCCCCCC(CN(CCCN(C)C)CC(CCCCCCCCCC)OC(=O)CCCCCCCCC)OC(=O)CCCCCCCCC. The molecule has 0 radical (unpaired) electrons. The van der Waals surface area contributed by atoms with Gasteiger partial charge in [0, 0.05) is 25.9 Å². The second-order valence-electron chi connectivity index (χ2n) is 17.4. The summed E-state index contributed by atoms with van der Waals surface area (Å²) in [6.07, 6.45) is 40.9. The lowest BCUT2D eigenvalue weighted by molar-refractivity contribution is -0.152. The van der Waals surface area contributed by atoms with Crippen molar-refractivity contribution in [2.75, 3.05) is 40.3 Å². The lowest BCUT2D eigenvalue weighted by atomic mass is 10.0. The predicted molar refractivity (Wildman–Crippen MR) is 239 cm³/mol. The summed E-state index contributed by atoms with van der Waals surface area (Å²) < 4.78 is 12.7. The Kier molecular flexibility index (Phi) is 41.6. The van der Waals surface area contributed by atoms with Gasteiger partial charge in [-0.05, 0) is 72.1 Å². The van der Waals surface area contributed by atoms with Gasteiger partial charge in [-0.1, -0.05) is 195 Å². The van der Waals surface area contributed by atoms with Crippen molar-refractivity contribution < 1.29 is 19.1 Å². The molecule has 0 N–H and O–H groups in total. The Labute approximate surface area is 344 Å². The number of esters is 2. The molecule has 0 rings (SSSR count). The van der Waals surface area contributed by atoms with Crippen molar-refractivity contribution in [1.29, 1.82) is 0 Å². The first-order chi connectivity index (χ1) is 26.9. The fourth-order valence-electron chi connectivity index (χ4n) is 7.77. The van der Waals surface area contributed by atoms with Crippen molar-refractivity contribution in [1.82, 2.24) is 9.80 Å². The van der Waals surface area contributed by atoms with E-state index in [-0.39, 0.29) is 24.1 Å². The molecular formula is C49H98N2O4. The molecule has 55 heavy (non-hydrogen) atoms. The predicted octanol–water partition coefficient (Wildman–Crippen LogP) is 14.4. The Balaban J connectivity index is 5.58. The maximum atomic E-state index is 13.2. The van der Waals surface area contributed by atoms with Crippen LogP contribution in [0.2, 0.25) is 0 Å². The van der Waals surface area contributed by atoms with Crippen molar-refractivity contribution in [3.63, 3.8) is 0 Å². The van der Waals surface area contributed by atoms with Crippen molar-refractivity contribution >= 4 is 11.9 Å². The quantitative estimate of drug-likeness (QED) is 0.0453. The summed E-state index contributed by atoms with van der Waals surface area (Å²) in [6.45, 7) is 12.5. The van der Waals surface area contributed by atoms with E-state index < -0.39 is 0 Å². The van der Waals surface area contributed by atoms with E-state index in [1.54, 1.807) is 0 Å². The standard InChI is InChI=1S/C49H98N2O4/c1-7-11-15-19-23-27-29-33-38-46(54-48(52)40-35-31-25-21-17-13-9-3)44-51(43-37-42-50(5)6)45-47(39-34-30-28-24-20-16-12-8-2)55-49(53)41-36-32-26-22-18-14-10-4/h46-47H,7-45H2,1-6H3. The number of rotatable bonds is 44. The van der Waals surface area contributed by atoms with Gasteiger partial charge in [0.25, 0.3) is 0 Å². The average molecular weight is 779 g/mol. The van der Waals surface area contributed by atoms with Crippen molar-refractivity contribution in [2.24, 2.45) is 0 Å².